The van der Waals surface area contributed by atoms with Crippen molar-refractivity contribution in [2.24, 2.45) is 0 Å². The highest BCUT2D eigenvalue weighted by Gasteiger charge is 2.52. The number of nitrogens with zero attached hydrogens (tertiary/aromatic N) is 3. The van der Waals surface area contributed by atoms with E-state index >= 15 is 0 Å². The molecule has 27 heavy (non-hydrogen) atoms. The van der Waals surface area contributed by atoms with E-state index in [4.69, 9.17) is 4.74 Å². The zero-order chi connectivity index (χ0) is 19.3. The SMILES string of the molecule is CC(C)(C)c1cc(C(=O)N2CCC3(CC2)C[C@](O)(c2nccs2)CO3)n[nH]1. The van der Waals surface area contributed by atoms with Crippen LogP contribution >= 0.6 is 11.3 Å². The fraction of sp³-hybridized carbons (Fsp3) is 0.632. The van der Waals surface area contributed by atoms with Crippen molar-refractivity contribution in [3.8, 4) is 0 Å². The van der Waals surface area contributed by atoms with E-state index in [-0.39, 0.29) is 23.5 Å². The van der Waals surface area contributed by atoms with Crippen LogP contribution in [0.15, 0.2) is 17.6 Å². The average molecular weight is 391 g/mol. The van der Waals surface area contributed by atoms with E-state index in [1.54, 1.807) is 6.20 Å². The van der Waals surface area contributed by atoms with Gasteiger partial charge in [-0.3, -0.25) is 9.89 Å². The summed E-state index contributed by atoms with van der Waals surface area (Å²) in [4.78, 5) is 18.9. The molecule has 0 radical (unpaired) electrons. The maximum Gasteiger partial charge on any atom is 0.274 e. The maximum absolute atomic E-state index is 12.8. The van der Waals surface area contributed by atoms with Gasteiger partial charge in [0.05, 0.1) is 12.2 Å². The molecular weight excluding hydrogens is 364 g/mol. The minimum atomic E-state index is -1.01. The van der Waals surface area contributed by atoms with Crippen LogP contribution in [0, 0.1) is 0 Å². The van der Waals surface area contributed by atoms with Gasteiger partial charge in [-0.25, -0.2) is 4.98 Å². The first-order valence-electron chi connectivity index (χ1n) is 9.32. The second-order valence-corrected chi connectivity index (χ2v) is 9.62. The van der Waals surface area contributed by atoms with Crippen LogP contribution in [0.3, 0.4) is 0 Å². The summed E-state index contributed by atoms with van der Waals surface area (Å²) in [7, 11) is 0. The first-order chi connectivity index (χ1) is 12.7. The third-order valence-corrected chi connectivity index (χ3v) is 6.60. The molecule has 4 rings (SSSR count). The molecule has 0 aliphatic carbocycles. The van der Waals surface area contributed by atoms with Crippen molar-refractivity contribution >= 4 is 17.2 Å². The average Bonchev–Trinajstić information content (AvgIpc) is 3.35. The van der Waals surface area contributed by atoms with Gasteiger partial charge in [-0.05, 0) is 18.9 Å². The zero-order valence-corrected chi connectivity index (χ0v) is 16.8. The first kappa shape index (κ1) is 18.6. The molecule has 2 saturated heterocycles. The molecule has 0 aromatic carbocycles. The molecule has 7 nitrogen and oxygen atoms in total. The number of carbonyl (C=O) groups excluding carboxylic acids is 1. The molecule has 2 aromatic heterocycles. The fourth-order valence-corrected chi connectivity index (χ4v) is 4.64. The van der Waals surface area contributed by atoms with Gasteiger partial charge in [-0.1, -0.05) is 20.8 Å². The standard InChI is InChI=1S/C19H26N4O3S/c1-17(2,3)14-10-13(21-22-14)15(24)23-7-4-18(5-8-23)11-19(25,12-26-18)16-20-6-9-27-16/h6,9-10,25H,4-5,7-8,11-12H2,1-3H3,(H,21,22)/t19-/m1/s1. The van der Waals surface area contributed by atoms with Crippen LogP contribution in [0.4, 0.5) is 0 Å². The van der Waals surface area contributed by atoms with E-state index < -0.39 is 5.60 Å². The number of hydrogen-bond acceptors (Lipinski definition) is 6. The minimum absolute atomic E-state index is 0.0511. The van der Waals surface area contributed by atoms with Crippen LogP contribution in [0.25, 0.3) is 0 Å². The molecule has 2 N–H and O–H groups in total. The van der Waals surface area contributed by atoms with Gasteiger partial charge in [0.25, 0.3) is 5.91 Å². The normalized spacial score (nSPS) is 25.3. The number of carbonyl (C=O) groups is 1. The molecule has 2 aromatic rings. The number of nitrogens with one attached hydrogen (secondary N) is 1. The highest BCUT2D eigenvalue weighted by atomic mass is 32.1. The number of amides is 1. The molecule has 1 atom stereocenters. The summed E-state index contributed by atoms with van der Waals surface area (Å²) in [6, 6.07) is 1.85. The minimum Gasteiger partial charge on any atom is -0.380 e. The summed E-state index contributed by atoms with van der Waals surface area (Å²) in [5.74, 6) is -0.0511. The van der Waals surface area contributed by atoms with E-state index in [0.717, 1.165) is 5.69 Å². The Labute approximate surface area is 162 Å². The summed E-state index contributed by atoms with van der Waals surface area (Å²) < 4.78 is 6.06. The lowest BCUT2D eigenvalue weighted by Crippen LogP contribution is -2.47. The van der Waals surface area contributed by atoms with Gasteiger partial charge < -0.3 is 14.7 Å². The molecule has 0 bridgehead atoms. The Morgan fingerprint density at radius 1 is 1.37 bits per heavy atom. The summed E-state index contributed by atoms with van der Waals surface area (Å²) in [6.07, 6.45) is 3.66. The van der Waals surface area contributed by atoms with E-state index in [0.29, 0.717) is 43.1 Å². The monoisotopic (exact) mass is 390 g/mol. The van der Waals surface area contributed by atoms with Gasteiger partial charge in [-0.15, -0.1) is 11.3 Å². The topological polar surface area (TPSA) is 91.3 Å². The summed E-state index contributed by atoms with van der Waals surface area (Å²) in [6.45, 7) is 7.72. The Balaban J connectivity index is 1.41. The second kappa shape index (κ2) is 6.39. The van der Waals surface area contributed by atoms with Crippen molar-refractivity contribution in [1.29, 1.82) is 0 Å². The number of aromatic nitrogens is 3. The van der Waals surface area contributed by atoms with Crippen molar-refractivity contribution in [1.82, 2.24) is 20.1 Å². The zero-order valence-electron chi connectivity index (χ0n) is 16.0. The summed E-state index contributed by atoms with van der Waals surface area (Å²) >= 11 is 1.46. The molecule has 2 fully saturated rings. The van der Waals surface area contributed by atoms with Crippen LogP contribution in [-0.4, -0.2) is 56.4 Å². The van der Waals surface area contributed by atoms with Gasteiger partial charge >= 0.3 is 0 Å². The third kappa shape index (κ3) is 3.41. The molecular formula is C19H26N4O3S. The van der Waals surface area contributed by atoms with Gasteiger partial charge in [0.2, 0.25) is 0 Å². The highest BCUT2D eigenvalue weighted by molar-refractivity contribution is 7.09. The number of ether oxygens (including phenoxy) is 1. The van der Waals surface area contributed by atoms with Gasteiger partial charge in [0, 0.05) is 42.2 Å². The molecule has 1 amide bonds. The van der Waals surface area contributed by atoms with Gasteiger partial charge in [0.1, 0.15) is 16.3 Å². The molecule has 2 aliphatic heterocycles. The smallest absolute Gasteiger partial charge is 0.274 e. The van der Waals surface area contributed by atoms with Crippen LogP contribution in [-0.2, 0) is 15.8 Å². The Kier molecular flexibility index (Phi) is 4.40. The Bertz CT molecular complexity index is 818. The number of aliphatic hydroxyl groups is 1. The molecule has 1 spiro atoms. The Morgan fingerprint density at radius 2 is 2.11 bits per heavy atom. The molecule has 0 saturated carbocycles. The predicted molar refractivity (Wildman–Crippen MR) is 102 cm³/mol. The quantitative estimate of drug-likeness (QED) is 0.822. The lowest BCUT2D eigenvalue weighted by atomic mass is 9.83. The molecule has 0 unspecified atom stereocenters. The van der Waals surface area contributed by atoms with E-state index in [2.05, 4.69) is 36.0 Å². The number of likely N-dealkylation sites (tertiary alicyclic amines) is 1. The van der Waals surface area contributed by atoms with E-state index in [1.165, 1.54) is 11.3 Å². The van der Waals surface area contributed by atoms with Crippen molar-refractivity contribution in [3.63, 3.8) is 0 Å². The van der Waals surface area contributed by atoms with Crippen molar-refractivity contribution in [2.75, 3.05) is 19.7 Å². The molecule has 4 heterocycles. The largest absolute Gasteiger partial charge is 0.380 e. The number of aromatic amines is 1. The van der Waals surface area contributed by atoms with Gasteiger partial charge in [-0.2, -0.15) is 5.10 Å². The molecule has 2 aliphatic rings. The van der Waals surface area contributed by atoms with Crippen LogP contribution in [0.5, 0.6) is 0 Å². The van der Waals surface area contributed by atoms with Crippen molar-refractivity contribution in [2.45, 2.75) is 56.7 Å². The lowest BCUT2D eigenvalue weighted by molar-refractivity contribution is -0.0432. The predicted octanol–water partition coefficient (Wildman–Crippen LogP) is 2.45. The van der Waals surface area contributed by atoms with Crippen LogP contribution in [0.1, 0.15) is 61.2 Å². The van der Waals surface area contributed by atoms with Crippen molar-refractivity contribution in [3.05, 3.63) is 34.0 Å². The lowest BCUT2D eigenvalue weighted by Gasteiger charge is -2.38. The van der Waals surface area contributed by atoms with E-state index in [1.807, 2.05) is 16.3 Å². The summed E-state index contributed by atoms with van der Waals surface area (Å²) in [5.41, 5.74) is -0.0478. The summed E-state index contributed by atoms with van der Waals surface area (Å²) in [5, 5.41) is 20.7. The van der Waals surface area contributed by atoms with Gasteiger partial charge in [0.15, 0.2) is 0 Å². The molecule has 146 valence electrons. The highest BCUT2D eigenvalue weighted by Crippen LogP contribution is 2.45. The first-order valence-corrected chi connectivity index (χ1v) is 10.2. The molecule has 8 heteroatoms. The van der Waals surface area contributed by atoms with Crippen molar-refractivity contribution < 1.29 is 14.6 Å². The third-order valence-electron chi connectivity index (χ3n) is 5.63. The number of rotatable bonds is 2. The van der Waals surface area contributed by atoms with Crippen LogP contribution in [0.2, 0.25) is 0 Å². The number of thiazole rings is 1. The maximum atomic E-state index is 12.8. The second-order valence-electron chi connectivity index (χ2n) is 8.73. The number of piperidine rings is 1. The Hall–Kier alpha value is -1.77. The number of H-pyrrole nitrogens is 1. The fourth-order valence-electron chi connectivity index (χ4n) is 3.91. The number of hydrogen-bond donors (Lipinski definition) is 2. The Morgan fingerprint density at radius 3 is 2.70 bits per heavy atom. The van der Waals surface area contributed by atoms with Crippen LogP contribution < -0.4 is 0 Å². The van der Waals surface area contributed by atoms with E-state index in [9.17, 15) is 9.90 Å².